The third kappa shape index (κ3) is 2.65. The number of hydrogen-bond donors (Lipinski definition) is 1. The van der Waals surface area contributed by atoms with E-state index in [0.717, 1.165) is 10.5 Å². The van der Waals surface area contributed by atoms with Gasteiger partial charge in [0.05, 0.1) is 5.41 Å². The van der Waals surface area contributed by atoms with Crippen LogP contribution >= 0.6 is 11.6 Å². The van der Waals surface area contributed by atoms with Crippen LogP contribution in [0.2, 0.25) is 5.02 Å². The zero-order chi connectivity index (χ0) is 18.6. The number of nitrogens with zero attached hydrogens (tertiary/aromatic N) is 1. The van der Waals surface area contributed by atoms with Crippen molar-refractivity contribution in [3.63, 3.8) is 0 Å². The number of aryl methyl sites for hydroxylation is 1. The fourth-order valence-electron chi connectivity index (χ4n) is 4.07. The summed E-state index contributed by atoms with van der Waals surface area (Å²) in [5.74, 6) is -1.09. The second-order valence-corrected chi connectivity index (χ2v) is 8.29. The van der Waals surface area contributed by atoms with E-state index >= 15 is 0 Å². The number of fused-ring (bicyclic) bond motifs is 2. The van der Waals surface area contributed by atoms with Crippen molar-refractivity contribution in [2.24, 2.45) is 16.7 Å². The number of hydrogen-bond acceptors (Lipinski definition) is 3. The highest BCUT2D eigenvalue weighted by atomic mass is 35.5. The van der Waals surface area contributed by atoms with Gasteiger partial charge in [0.25, 0.3) is 0 Å². The van der Waals surface area contributed by atoms with Crippen LogP contribution < -0.4 is 5.32 Å². The SMILES string of the molecule is Cc1ccc(NC(=O)CN2C(=O)C3CCC(C)(C2=O)C3(C)C)cc1Cl. The molecule has 2 fully saturated rings. The normalized spacial score (nSPS) is 27.6. The van der Waals surface area contributed by atoms with Gasteiger partial charge in [0.1, 0.15) is 6.54 Å². The number of anilines is 1. The molecule has 5 nitrogen and oxygen atoms in total. The van der Waals surface area contributed by atoms with Crippen molar-refractivity contribution in [3.05, 3.63) is 28.8 Å². The van der Waals surface area contributed by atoms with E-state index in [2.05, 4.69) is 5.32 Å². The van der Waals surface area contributed by atoms with Crippen molar-refractivity contribution in [1.82, 2.24) is 4.90 Å². The molecular weight excluding hydrogens is 340 g/mol. The average Bonchev–Trinajstić information content (AvgIpc) is 2.72. The molecule has 25 heavy (non-hydrogen) atoms. The Bertz CT molecular complexity index is 774. The maximum atomic E-state index is 12.9. The van der Waals surface area contributed by atoms with Gasteiger partial charge in [0.2, 0.25) is 17.7 Å². The van der Waals surface area contributed by atoms with Gasteiger partial charge < -0.3 is 5.32 Å². The molecule has 1 aliphatic heterocycles. The molecule has 0 spiro atoms. The zero-order valence-corrected chi connectivity index (χ0v) is 15.7. The number of benzene rings is 1. The maximum absolute atomic E-state index is 12.9. The minimum absolute atomic E-state index is 0.211. The predicted molar refractivity (Wildman–Crippen MR) is 96.2 cm³/mol. The second kappa shape index (κ2) is 5.84. The van der Waals surface area contributed by atoms with Gasteiger partial charge in [0, 0.05) is 16.6 Å². The molecular formula is C19H23ClN2O3. The Morgan fingerprint density at radius 2 is 2.00 bits per heavy atom. The molecule has 2 bridgehead atoms. The molecule has 1 N–H and O–H groups in total. The Kier molecular flexibility index (Phi) is 4.18. The van der Waals surface area contributed by atoms with Gasteiger partial charge >= 0.3 is 0 Å². The van der Waals surface area contributed by atoms with Crippen LogP contribution in [0.1, 0.15) is 39.2 Å². The number of piperidine rings is 1. The lowest BCUT2D eigenvalue weighted by Crippen LogP contribution is -2.60. The summed E-state index contributed by atoms with van der Waals surface area (Å²) in [5, 5.41) is 3.26. The summed E-state index contributed by atoms with van der Waals surface area (Å²) in [7, 11) is 0. The third-order valence-corrected chi connectivity index (χ3v) is 6.67. The number of likely N-dealkylation sites (tertiary alicyclic amines) is 1. The van der Waals surface area contributed by atoms with Crippen molar-refractivity contribution >= 4 is 35.0 Å². The summed E-state index contributed by atoms with van der Waals surface area (Å²) in [5.41, 5.74) is 0.484. The van der Waals surface area contributed by atoms with Gasteiger partial charge in [-0.15, -0.1) is 0 Å². The van der Waals surface area contributed by atoms with E-state index < -0.39 is 11.3 Å². The van der Waals surface area contributed by atoms with Crippen LogP contribution in [0.25, 0.3) is 0 Å². The number of carbonyl (C=O) groups excluding carboxylic acids is 3. The predicted octanol–water partition coefficient (Wildman–Crippen LogP) is 3.40. The van der Waals surface area contributed by atoms with Gasteiger partial charge in [-0.3, -0.25) is 19.3 Å². The first kappa shape index (κ1) is 17.9. The number of imide groups is 1. The molecule has 1 heterocycles. The van der Waals surface area contributed by atoms with Crippen LogP contribution in [0.4, 0.5) is 5.69 Å². The van der Waals surface area contributed by atoms with E-state index in [1.807, 2.05) is 27.7 Å². The monoisotopic (exact) mass is 362 g/mol. The maximum Gasteiger partial charge on any atom is 0.244 e. The standard InChI is InChI=1S/C19H23ClN2O3/c1-11-5-6-12(9-14(11)20)21-15(23)10-22-16(24)13-7-8-19(4,17(22)25)18(13,2)3/h5-6,9,13H,7-8,10H2,1-4H3,(H,21,23). The van der Waals surface area contributed by atoms with E-state index in [9.17, 15) is 14.4 Å². The first-order valence-corrected chi connectivity index (χ1v) is 8.87. The highest BCUT2D eigenvalue weighted by molar-refractivity contribution is 6.31. The second-order valence-electron chi connectivity index (χ2n) is 7.89. The molecule has 2 atom stereocenters. The molecule has 1 aliphatic carbocycles. The fourth-order valence-corrected chi connectivity index (χ4v) is 4.25. The minimum Gasteiger partial charge on any atom is -0.324 e. The van der Waals surface area contributed by atoms with E-state index in [0.29, 0.717) is 23.6 Å². The van der Waals surface area contributed by atoms with E-state index in [1.54, 1.807) is 18.2 Å². The summed E-state index contributed by atoms with van der Waals surface area (Å²) in [6.45, 7) is 7.48. The van der Waals surface area contributed by atoms with Crippen LogP contribution in [0, 0.1) is 23.7 Å². The molecule has 3 amide bonds. The first-order chi connectivity index (χ1) is 11.6. The molecule has 6 heteroatoms. The minimum atomic E-state index is -0.598. The van der Waals surface area contributed by atoms with Crippen LogP contribution in [0.3, 0.4) is 0 Å². The van der Waals surface area contributed by atoms with Crippen molar-refractivity contribution in [3.8, 4) is 0 Å². The fraction of sp³-hybridized carbons (Fsp3) is 0.526. The molecule has 0 aromatic heterocycles. The Balaban J connectivity index is 1.76. The Morgan fingerprint density at radius 3 is 2.64 bits per heavy atom. The van der Waals surface area contributed by atoms with E-state index in [-0.39, 0.29) is 29.7 Å². The van der Waals surface area contributed by atoms with Gasteiger partial charge in [0.15, 0.2) is 0 Å². The van der Waals surface area contributed by atoms with Gasteiger partial charge in [-0.2, -0.15) is 0 Å². The molecule has 2 aliphatic rings. The number of nitrogens with one attached hydrogen (secondary N) is 1. The van der Waals surface area contributed by atoms with Crippen LogP contribution in [0.15, 0.2) is 18.2 Å². The van der Waals surface area contributed by atoms with E-state index in [1.165, 1.54) is 0 Å². The highest BCUT2D eigenvalue weighted by Crippen LogP contribution is 2.59. The number of halogens is 1. The summed E-state index contributed by atoms with van der Waals surface area (Å²) in [6, 6.07) is 5.20. The molecule has 1 saturated carbocycles. The van der Waals surface area contributed by atoms with Crippen LogP contribution in [-0.2, 0) is 14.4 Å². The summed E-state index contributed by atoms with van der Waals surface area (Å²) >= 11 is 6.06. The summed E-state index contributed by atoms with van der Waals surface area (Å²) in [4.78, 5) is 39.2. The summed E-state index contributed by atoms with van der Waals surface area (Å²) in [6.07, 6.45) is 1.38. The molecule has 134 valence electrons. The Hall–Kier alpha value is -1.88. The van der Waals surface area contributed by atoms with Crippen LogP contribution in [-0.4, -0.2) is 29.2 Å². The van der Waals surface area contributed by atoms with Crippen molar-refractivity contribution in [2.75, 3.05) is 11.9 Å². The smallest absolute Gasteiger partial charge is 0.244 e. The number of rotatable bonds is 3. The largest absolute Gasteiger partial charge is 0.324 e. The topological polar surface area (TPSA) is 66.5 Å². The molecule has 0 radical (unpaired) electrons. The lowest BCUT2D eigenvalue weighted by Gasteiger charge is -2.47. The highest BCUT2D eigenvalue weighted by Gasteiger charge is 2.64. The molecule has 1 saturated heterocycles. The lowest BCUT2D eigenvalue weighted by molar-refractivity contribution is -0.168. The summed E-state index contributed by atoms with van der Waals surface area (Å²) < 4.78 is 0. The lowest BCUT2D eigenvalue weighted by atomic mass is 9.62. The van der Waals surface area contributed by atoms with Gasteiger partial charge in [-0.05, 0) is 42.9 Å². The number of amides is 3. The molecule has 3 rings (SSSR count). The Morgan fingerprint density at radius 1 is 1.32 bits per heavy atom. The van der Waals surface area contributed by atoms with E-state index in [4.69, 9.17) is 11.6 Å². The van der Waals surface area contributed by atoms with Crippen molar-refractivity contribution in [1.29, 1.82) is 0 Å². The quantitative estimate of drug-likeness (QED) is 0.838. The molecule has 2 unspecified atom stereocenters. The zero-order valence-electron chi connectivity index (χ0n) is 15.0. The third-order valence-electron chi connectivity index (χ3n) is 6.26. The van der Waals surface area contributed by atoms with Crippen molar-refractivity contribution in [2.45, 2.75) is 40.5 Å². The Labute approximate surface area is 152 Å². The van der Waals surface area contributed by atoms with Gasteiger partial charge in [-0.25, -0.2) is 0 Å². The molecule has 1 aromatic rings. The van der Waals surface area contributed by atoms with Crippen molar-refractivity contribution < 1.29 is 14.4 Å². The van der Waals surface area contributed by atoms with Crippen LogP contribution in [0.5, 0.6) is 0 Å². The number of carbonyl (C=O) groups is 3. The first-order valence-electron chi connectivity index (χ1n) is 8.50. The van der Waals surface area contributed by atoms with Gasteiger partial charge in [-0.1, -0.05) is 38.4 Å². The average molecular weight is 363 g/mol. The molecule has 1 aromatic carbocycles.